The Morgan fingerprint density at radius 2 is 0.705 bits per heavy atom. The largest absolute Gasteiger partial charge is 0.497 e. The average Bonchev–Trinajstić information content (AvgIpc) is 0.730. The van der Waals surface area contributed by atoms with Crippen LogP contribution in [0, 0.1) is 23.2 Å². The van der Waals surface area contributed by atoms with Crippen molar-refractivity contribution in [1.29, 1.82) is 0 Å². The zero-order chi connectivity index (χ0) is 103. The van der Waals surface area contributed by atoms with Gasteiger partial charge in [0.2, 0.25) is 11.8 Å². The van der Waals surface area contributed by atoms with Crippen LogP contribution in [0.15, 0.2) is 200 Å². The minimum absolute atomic E-state index is 0.0551. The molecule has 40 heteroatoms. The molecule has 13 N–H and O–H groups in total. The molecule has 21 rings (SSSR count). The number of para-hydroxylation sites is 1. The highest BCUT2D eigenvalue weighted by Gasteiger charge is 2.56. The van der Waals surface area contributed by atoms with E-state index in [9.17, 15) is 57.5 Å². The van der Waals surface area contributed by atoms with Crippen molar-refractivity contribution in [2.75, 3.05) is 58.8 Å². The maximum absolute atomic E-state index is 13.5. The molecule has 4 aliphatic carbocycles. The predicted octanol–water partition coefficient (Wildman–Crippen LogP) is 11.9. The van der Waals surface area contributed by atoms with Gasteiger partial charge in [0.15, 0.2) is 0 Å². The van der Waals surface area contributed by atoms with Crippen LogP contribution in [0.5, 0.6) is 11.5 Å². The van der Waals surface area contributed by atoms with E-state index in [2.05, 4.69) is 42.1 Å². The summed E-state index contributed by atoms with van der Waals surface area (Å²) >= 11 is 5.84. The highest BCUT2D eigenvalue weighted by Crippen LogP contribution is 2.61. The van der Waals surface area contributed by atoms with Crippen LogP contribution in [0.1, 0.15) is 226 Å². The van der Waals surface area contributed by atoms with E-state index < -0.39 is 35.4 Å². The Labute approximate surface area is 844 Å². The standard InChI is InChI=1S/C22H20N4O3.C20H25N3O3.2C17H17N3O4.C16H14ClN3O3.C14H19N3O3/c27-21(25-29)20-11-10-16-14-26(13-12-18(16)23-20)22(28)24-19-9-5-4-8-17(19)15-6-2-1-3-7-15;24-18(22-26)15-6-16-11-23(2-1-17(16)21-10-15)19(25)20-7-12-3-13(8-20)5-14(4-12)9-20;1-24-13-5-2-11(3-6-13)17(22)20-9-8-14-12(10-20)4-7-15(18-14)16(21)19-23;1-24-14-4-2-11(3-5-14)17(22)20-7-6-15-13(10-20)8-12(9-18-15)16(21)19-23;17-12-4-1-10(2-5-12)16(22)20-8-7-13-11(9-20)3-6-14(18-13)15(21)19-23;1-2-3-4-13(18)17-8-7-11-10(9-17)5-6-12(15-11)14(19)16-20/h1-11,29H,12-14H2,(H,24,28)(H,25,27);6,10,12-14,26H,1-5,7-9,11H2,(H,22,24);2-7,23H,8-10H2,1H3,(H,19,21);2-5,8-9,23H,6-7,10H2,1H3,(H,19,21);1-6,23H,7-9H2,(H,19,21);5-6,20H,2-4,7-9H2,1H3,(H,16,19). The minimum atomic E-state index is -0.648. The maximum atomic E-state index is 13.5. The molecule has 5 aromatic carbocycles. The molecule has 146 heavy (non-hydrogen) atoms. The minimum Gasteiger partial charge on any atom is -0.497 e. The first-order chi connectivity index (χ1) is 70.7. The van der Waals surface area contributed by atoms with Crippen molar-refractivity contribution < 1.29 is 98.3 Å². The third kappa shape index (κ3) is 25.3. The smallest absolute Gasteiger partial charge is 0.322 e. The number of rotatable bonds is 17. The number of carbonyl (C=O) groups is 12. The number of unbranched alkanes of at least 4 members (excludes halogenated alkanes) is 1. The van der Waals surface area contributed by atoms with E-state index in [-0.39, 0.29) is 63.4 Å². The van der Waals surface area contributed by atoms with Gasteiger partial charge in [-0.05, 0) is 217 Å². The maximum Gasteiger partial charge on any atom is 0.322 e. The Kier molecular flexibility index (Phi) is 34.6. The van der Waals surface area contributed by atoms with E-state index in [4.69, 9.17) is 52.3 Å². The lowest BCUT2D eigenvalue weighted by atomic mass is 9.49. The van der Waals surface area contributed by atoms with Gasteiger partial charge in [-0.2, -0.15) is 0 Å². The summed E-state index contributed by atoms with van der Waals surface area (Å²) in [6.07, 6.45) is 16.3. The molecule has 6 aliphatic heterocycles. The number of aromatic nitrogens is 6. The Morgan fingerprint density at radius 3 is 1.10 bits per heavy atom. The molecule has 4 fully saturated rings. The number of methoxy groups -OCH3 is 2. The van der Waals surface area contributed by atoms with Gasteiger partial charge < -0.3 is 44.2 Å². The number of hydrogen-bond donors (Lipinski definition) is 13. The molecule has 0 atom stereocenters. The van der Waals surface area contributed by atoms with E-state index in [1.807, 2.05) is 64.4 Å². The summed E-state index contributed by atoms with van der Waals surface area (Å²) in [5, 5.41) is 55.8. The molecule has 0 saturated heterocycles. The number of fused-ring (bicyclic) bond motifs is 6. The highest BCUT2D eigenvalue weighted by molar-refractivity contribution is 6.30. The summed E-state index contributed by atoms with van der Waals surface area (Å²) < 4.78 is 10.2. The van der Waals surface area contributed by atoms with Gasteiger partial charge >= 0.3 is 6.03 Å². The van der Waals surface area contributed by atoms with E-state index in [1.165, 1.54) is 49.9 Å². The Morgan fingerprint density at radius 1 is 0.370 bits per heavy atom. The molecule has 12 heterocycles. The lowest BCUT2D eigenvalue weighted by Crippen LogP contribution is -2.55. The number of nitrogens with one attached hydrogen (secondary N) is 7. The molecule has 39 nitrogen and oxygen atoms in total. The summed E-state index contributed by atoms with van der Waals surface area (Å²) in [4.78, 5) is 181. The second kappa shape index (κ2) is 48.4. The van der Waals surface area contributed by atoms with Crippen molar-refractivity contribution in [2.45, 2.75) is 143 Å². The summed E-state index contributed by atoms with van der Waals surface area (Å²) in [7, 11) is 3.15. The second-order valence-corrected chi connectivity index (χ2v) is 37.2. The zero-order valence-corrected chi connectivity index (χ0v) is 81.3. The Bertz CT molecular complexity index is 6650. The number of pyridine rings is 6. The van der Waals surface area contributed by atoms with Gasteiger partial charge in [0, 0.05) is 197 Å². The van der Waals surface area contributed by atoms with Crippen LogP contribution in [0.2, 0.25) is 5.02 Å². The predicted molar refractivity (Wildman–Crippen MR) is 527 cm³/mol. The van der Waals surface area contributed by atoms with Gasteiger partial charge in [0.1, 0.15) is 34.3 Å². The topological polar surface area (TPSA) is 526 Å². The lowest BCUT2D eigenvalue weighted by molar-refractivity contribution is -0.158. The number of hydrogen-bond acceptors (Lipinski definition) is 26. The number of urea groups is 1. The van der Waals surface area contributed by atoms with Gasteiger partial charge in [-0.25, -0.2) is 57.6 Å². The molecule has 6 aromatic heterocycles. The third-order valence-corrected chi connectivity index (χ3v) is 27.6. The molecule has 4 saturated carbocycles. The van der Waals surface area contributed by atoms with Crippen molar-refractivity contribution in [2.24, 2.45) is 23.2 Å². The number of amides is 13. The molecular weight excluding hydrogens is 1890 g/mol. The fourth-order valence-electron chi connectivity index (χ4n) is 20.2. The van der Waals surface area contributed by atoms with Gasteiger partial charge in [0.25, 0.3) is 53.2 Å². The fraction of sp³-hybridized carbons (Fsp3) is 0.321. The summed E-state index contributed by atoms with van der Waals surface area (Å²) in [6, 6.07) is 54.8. The van der Waals surface area contributed by atoms with Crippen molar-refractivity contribution in [1.82, 2.24) is 92.2 Å². The van der Waals surface area contributed by atoms with E-state index in [0.29, 0.717) is 162 Å². The molecule has 0 spiro atoms. The van der Waals surface area contributed by atoms with Crippen molar-refractivity contribution in [3.63, 3.8) is 0 Å². The van der Waals surface area contributed by atoms with Crippen molar-refractivity contribution in [3.8, 4) is 22.6 Å². The monoisotopic (exact) mass is 2010 g/mol. The molecule has 4 bridgehead atoms. The Hall–Kier alpha value is -15.9. The molecule has 11 aromatic rings. The van der Waals surface area contributed by atoms with E-state index >= 15 is 0 Å². The van der Waals surface area contributed by atoms with Gasteiger partial charge in [-0.1, -0.05) is 97.7 Å². The van der Waals surface area contributed by atoms with Crippen LogP contribution in [-0.4, -0.2) is 215 Å². The highest BCUT2D eigenvalue weighted by atomic mass is 35.5. The van der Waals surface area contributed by atoms with Crippen LogP contribution in [0.25, 0.3) is 11.1 Å². The second-order valence-electron chi connectivity index (χ2n) is 36.8. The van der Waals surface area contributed by atoms with Gasteiger partial charge in [-0.3, -0.25) is 94.0 Å². The zero-order valence-electron chi connectivity index (χ0n) is 80.5. The quantitative estimate of drug-likeness (QED) is 0.0297. The van der Waals surface area contributed by atoms with Crippen molar-refractivity contribution >= 4 is 88.3 Å². The molecule has 0 radical (unpaired) electrons. The fourth-order valence-corrected chi connectivity index (χ4v) is 20.3. The van der Waals surface area contributed by atoms with E-state index in [1.54, 1.807) is 182 Å². The first-order valence-electron chi connectivity index (χ1n) is 48.0. The SMILES string of the molecule is CCCCC(=O)N1CCc2nc(C(=O)NO)ccc2C1.COc1ccc(C(=O)N2CCc3nc(C(=O)NO)ccc3C2)cc1.COc1ccc(C(=O)N2CCc3ncc(C(=O)NO)cc3C2)cc1.O=C(NO)c1ccc2c(n1)CCN(C(=O)Nc1ccccc1-c1ccccc1)C2.O=C(NO)c1ccc2c(n1)CCN(C(=O)c1ccc(Cl)cc1)C2.O=C(NO)c1cnc2c(c1)CN(C(=O)C13CC4CC(CC(C4)C1)C3)CC2. The number of carbonyl (C=O) groups excluding carboxylic acids is 12. The Balaban J connectivity index is 0.000000132. The number of benzene rings is 5. The van der Waals surface area contributed by atoms with Gasteiger partial charge in [-0.15, -0.1) is 0 Å². The number of hydroxylamine groups is 6. The van der Waals surface area contributed by atoms with Crippen LogP contribution in [-0.2, 0) is 87.4 Å². The van der Waals surface area contributed by atoms with Crippen LogP contribution < -0.4 is 47.7 Å². The van der Waals surface area contributed by atoms with E-state index in [0.717, 1.165) is 141 Å². The summed E-state index contributed by atoms with van der Waals surface area (Å²) in [5.41, 5.74) is 25.5. The number of anilines is 1. The molecule has 10 aliphatic rings. The summed E-state index contributed by atoms with van der Waals surface area (Å²) in [6.45, 7) is 8.23. The molecular formula is C106H112ClN19O20. The number of nitrogens with zero attached hydrogens (tertiary/aromatic N) is 12. The number of halogens is 1. The molecule has 758 valence electrons. The molecule has 0 unspecified atom stereocenters. The summed E-state index contributed by atoms with van der Waals surface area (Å²) in [5.74, 6) is 0.222. The number of ether oxygens (including phenoxy) is 2. The van der Waals surface area contributed by atoms with Crippen LogP contribution >= 0.6 is 11.6 Å². The van der Waals surface area contributed by atoms with Gasteiger partial charge in [0.05, 0.1) is 36.4 Å². The van der Waals surface area contributed by atoms with Crippen LogP contribution in [0.3, 0.4) is 0 Å². The first-order valence-corrected chi connectivity index (χ1v) is 48.3. The average molecular weight is 2010 g/mol. The normalized spacial score (nSPS) is 17.0. The third-order valence-electron chi connectivity index (χ3n) is 27.4. The molecule has 13 amide bonds. The van der Waals surface area contributed by atoms with Crippen LogP contribution in [0.4, 0.5) is 10.5 Å². The lowest BCUT2D eigenvalue weighted by Gasteiger charge is -2.56. The first kappa shape index (κ1) is 104. The van der Waals surface area contributed by atoms with Crippen molar-refractivity contribution in [3.05, 3.63) is 324 Å².